The molecule has 0 radical (unpaired) electrons. The number of benzene rings is 2. The number of anilines is 1. The molecule has 0 fully saturated rings. The molecule has 0 aliphatic heterocycles. The number of phenolic OH excluding ortho intramolecular Hbond substituents is 1. The van der Waals surface area contributed by atoms with Crippen LogP contribution in [0.3, 0.4) is 0 Å². The average Bonchev–Trinajstić information content (AvgIpc) is 2.63. The van der Waals surface area contributed by atoms with E-state index in [2.05, 4.69) is 5.32 Å². The highest BCUT2D eigenvalue weighted by Crippen LogP contribution is 2.39. The Kier molecular flexibility index (Phi) is 6.88. The lowest BCUT2D eigenvalue weighted by molar-refractivity contribution is 0.258. The summed E-state index contributed by atoms with van der Waals surface area (Å²) in [5, 5.41) is 12.3. The zero-order valence-corrected chi connectivity index (χ0v) is 17.3. The standard InChI is InChI=1S/C20H26NO6P/c1-5-12(3)17-11-16(7-8-18(17)22)27-19-13(4)9-15(10-14(19)6-2)21-20(23)28(24,25)26/h7-12,22H,5-6H2,1-4H3,(H,21,23)(H2,24,25,26). The fourth-order valence-corrected chi connectivity index (χ4v) is 3.13. The van der Waals surface area contributed by atoms with Crippen molar-refractivity contribution in [3.63, 3.8) is 0 Å². The first-order chi connectivity index (χ1) is 13.1. The summed E-state index contributed by atoms with van der Waals surface area (Å²) in [6, 6.07) is 8.33. The lowest BCUT2D eigenvalue weighted by Gasteiger charge is -2.18. The maximum Gasteiger partial charge on any atom is 0.413 e. The Morgan fingerprint density at radius 1 is 1.21 bits per heavy atom. The molecule has 0 aliphatic rings. The predicted molar refractivity (Wildman–Crippen MR) is 109 cm³/mol. The van der Waals surface area contributed by atoms with Crippen LogP contribution in [0.1, 0.15) is 49.8 Å². The Morgan fingerprint density at radius 3 is 2.46 bits per heavy atom. The van der Waals surface area contributed by atoms with Crippen molar-refractivity contribution in [2.75, 3.05) is 5.32 Å². The number of carbonyl (C=O) groups excluding carboxylic acids is 1. The number of rotatable bonds is 7. The van der Waals surface area contributed by atoms with Gasteiger partial charge in [-0.3, -0.25) is 4.79 Å². The highest BCUT2D eigenvalue weighted by atomic mass is 31.2. The number of hydrogen-bond acceptors (Lipinski definition) is 4. The molecule has 0 spiro atoms. The molecule has 7 nitrogen and oxygen atoms in total. The minimum absolute atomic E-state index is 0.181. The van der Waals surface area contributed by atoms with Crippen molar-refractivity contribution < 1.29 is 29.0 Å². The van der Waals surface area contributed by atoms with Gasteiger partial charge in [-0.05, 0) is 67.1 Å². The summed E-state index contributed by atoms with van der Waals surface area (Å²) in [7, 11) is -4.86. The van der Waals surface area contributed by atoms with Crippen LogP contribution in [0.25, 0.3) is 0 Å². The topological polar surface area (TPSA) is 116 Å². The van der Waals surface area contributed by atoms with Crippen LogP contribution in [0.15, 0.2) is 30.3 Å². The molecule has 2 aromatic carbocycles. The molecule has 0 aromatic heterocycles. The largest absolute Gasteiger partial charge is 0.508 e. The summed E-state index contributed by atoms with van der Waals surface area (Å²) in [5.41, 5.74) is 1.24. The highest BCUT2D eigenvalue weighted by Gasteiger charge is 2.26. The van der Waals surface area contributed by atoms with Crippen LogP contribution in [0.4, 0.5) is 10.5 Å². The van der Waals surface area contributed by atoms with E-state index in [0.717, 1.165) is 17.5 Å². The average molecular weight is 407 g/mol. The monoisotopic (exact) mass is 407 g/mol. The van der Waals surface area contributed by atoms with Crippen LogP contribution >= 0.6 is 7.60 Å². The minimum atomic E-state index is -4.86. The Bertz CT molecular complexity index is 921. The Labute approximate surface area is 164 Å². The van der Waals surface area contributed by atoms with Crippen LogP contribution in [0.2, 0.25) is 0 Å². The molecular weight excluding hydrogens is 381 g/mol. The normalized spacial score (nSPS) is 12.5. The predicted octanol–water partition coefficient (Wildman–Crippen LogP) is 5.28. The van der Waals surface area contributed by atoms with Crippen molar-refractivity contribution in [2.24, 2.45) is 0 Å². The number of nitrogens with one attached hydrogen (secondary N) is 1. The number of aromatic hydroxyl groups is 1. The first-order valence-corrected chi connectivity index (χ1v) is 10.7. The van der Waals surface area contributed by atoms with Gasteiger partial charge in [0.25, 0.3) is 0 Å². The maximum atomic E-state index is 11.6. The first kappa shape index (κ1) is 22.0. The van der Waals surface area contributed by atoms with Gasteiger partial charge >= 0.3 is 13.2 Å². The number of amides is 1. The van der Waals surface area contributed by atoms with Crippen molar-refractivity contribution in [1.82, 2.24) is 0 Å². The third-order valence-corrected chi connectivity index (χ3v) is 5.25. The molecule has 2 aromatic rings. The van der Waals surface area contributed by atoms with E-state index in [4.69, 9.17) is 14.5 Å². The number of aryl methyl sites for hydroxylation is 2. The van der Waals surface area contributed by atoms with Crippen LogP contribution in [-0.4, -0.2) is 20.5 Å². The molecular formula is C20H26NO6P. The van der Waals surface area contributed by atoms with E-state index >= 15 is 0 Å². The summed E-state index contributed by atoms with van der Waals surface area (Å²) in [6.07, 6.45) is 1.47. The van der Waals surface area contributed by atoms with Crippen molar-refractivity contribution >= 4 is 18.9 Å². The molecule has 0 aliphatic carbocycles. The molecule has 8 heteroatoms. The Balaban J connectivity index is 2.37. The molecule has 0 saturated carbocycles. The lowest BCUT2D eigenvalue weighted by atomic mass is 9.97. The van der Waals surface area contributed by atoms with E-state index in [1.165, 1.54) is 0 Å². The molecule has 0 heterocycles. The Morgan fingerprint density at radius 2 is 1.89 bits per heavy atom. The second kappa shape index (κ2) is 8.78. The molecule has 1 amide bonds. The number of phenols is 1. The molecule has 1 unspecified atom stereocenters. The summed E-state index contributed by atoms with van der Waals surface area (Å²) in [6.45, 7) is 7.77. The van der Waals surface area contributed by atoms with Gasteiger partial charge in [-0.25, -0.2) is 4.57 Å². The van der Waals surface area contributed by atoms with Crippen molar-refractivity contribution in [3.05, 3.63) is 47.0 Å². The molecule has 1 atom stereocenters. The highest BCUT2D eigenvalue weighted by molar-refractivity contribution is 7.70. The smallest absolute Gasteiger partial charge is 0.413 e. The molecule has 152 valence electrons. The van der Waals surface area contributed by atoms with Crippen molar-refractivity contribution in [1.29, 1.82) is 0 Å². The minimum Gasteiger partial charge on any atom is -0.508 e. The fourth-order valence-electron chi connectivity index (χ4n) is 2.85. The summed E-state index contributed by atoms with van der Waals surface area (Å²) in [4.78, 5) is 29.5. The van der Waals surface area contributed by atoms with Crippen LogP contribution in [-0.2, 0) is 11.0 Å². The van der Waals surface area contributed by atoms with Gasteiger partial charge in [-0.2, -0.15) is 0 Å². The van der Waals surface area contributed by atoms with Crippen LogP contribution in [0, 0.1) is 6.92 Å². The molecule has 2 rings (SSSR count). The van der Waals surface area contributed by atoms with E-state index in [1.54, 1.807) is 31.2 Å². The SMILES string of the molecule is CCc1cc(NC(=O)P(=O)(O)O)cc(C)c1Oc1ccc(O)c(C(C)CC)c1. The maximum absolute atomic E-state index is 11.6. The van der Waals surface area contributed by atoms with Gasteiger partial charge in [0.1, 0.15) is 17.2 Å². The third kappa shape index (κ3) is 5.13. The zero-order valence-electron chi connectivity index (χ0n) is 16.4. The van der Waals surface area contributed by atoms with Gasteiger partial charge in [-0.15, -0.1) is 0 Å². The third-order valence-electron chi connectivity index (χ3n) is 4.61. The summed E-state index contributed by atoms with van der Waals surface area (Å²) < 4.78 is 17.1. The van der Waals surface area contributed by atoms with Gasteiger partial charge in [-0.1, -0.05) is 20.8 Å². The van der Waals surface area contributed by atoms with Crippen molar-refractivity contribution in [3.8, 4) is 17.2 Å². The van der Waals surface area contributed by atoms with E-state index < -0.39 is 13.2 Å². The summed E-state index contributed by atoms with van der Waals surface area (Å²) >= 11 is 0. The van der Waals surface area contributed by atoms with Gasteiger partial charge in [0, 0.05) is 11.3 Å². The second-order valence-electron chi connectivity index (χ2n) is 6.74. The van der Waals surface area contributed by atoms with Gasteiger partial charge in [0.15, 0.2) is 0 Å². The zero-order chi connectivity index (χ0) is 21.1. The Hall–Kier alpha value is -2.34. The van der Waals surface area contributed by atoms with Gasteiger partial charge < -0.3 is 24.9 Å². The van der Waals surface area contributed by atoms with Gasteiger partial charge in [0.2, 0.25) is 0 Å². The quantitative estimate of drug-likeness (QED) is 0.464. The van der Waals surface area contributed by atoms with Crippen LogP contribution in [0.5, 0.6) is 17.2 Å². The summed E-state index contributed by atoms with van der Waals surface area (Å²) in [5.74, 6) is 1.60. The second-order valence-corrected chi connectivity index (χ2v) is 8.24. The number of carbonyl (C=O) groups is 1. The molecule has 4 N–H and O–H groups in total. The first-order valence-electron chi connectivity index (χ1n) is 9.08. The van der Waals surface area contributed by atoms with Gasteiger partial charge in [0.05, 0.1) is 0 Å². The number of ether oxygens (including phenoxy) is 1. The molecule has 0 bridgehead atoms. The van der Waals surface area contributed by atoms with E-state index in [1.807, 2.05) is 26.8 Å². The molecule has 0 saturated heterocycles. The van der Waals surface area contributed by atoms with E-state index in [0.29, 0.717) is 29.2 Å². The van der Waals surface area contributed by atoms with E-state index in [9.17, 15) is 14.5 Å². The fraction of sp³-hybridized carbons (Fsp3) is 0.350. The van der Waals surface area contributed by atoms with Crippen molar-refractivity contribution in [2.45, 2.75) is 46.5 Å². The van der Waals surface area contributed by atoms with Crippen LogP contribution < -0.4 is 10.1 Å². The van der Waals surface area contributed by atoms with E-state index in [-0.39, 0.29) is 11.7 Å². The lowest BCUT2D eigenvalue weighted by Crippen LogP contribution is -2.10. The molecule has 28 heavy (non-hydrogen) atoms. The number of hydrogen-bond donors (Lipinski definition) is 4.